The molecule has 2 aliphatic rings. The van der Waals surface area contributed by atoms with Crippen molar-refractivity contribution in [1.82, 2.24) is 14.5 Å². The fraction of sp³-hybridized carbons (Fsp3) is 0.393. The Balaban J connectivity index is 1.50. The number of aromatic hydroxyl groups is 1. The van der Waals surface area contributed by atoms with Gasteiger partial charge in [-0.25, -0.2) is 4.79 Å². The summed E-state index contributed by atoms with van der Waals surface area (Å²) in [5.41, 5.74) is 7.80. The maximum Gasteiger partial charge on any atom is 0.345 e. The van der Waals surface area contributed by atoms with Gasteiger partial charge in [-0.05, 0) is 36.6 Å². The number of hydrogen-bond acceptors (Lipinski definition) is 5. The van der Waals surface area contributed by atoms with E-state index < -0.39 is 28.4 Å². The van der Waals surface area contributed by atoms with Crippen molar-refractivity contribution in [2.45, 2.75) is 44.3 Å². The van der Waals surface area contributed by atoms with Crippen molar-refractivity contribution in [2.75, 3.05) is 13.1 Å². The van der Waals surface area contributed by atoms with Crippen molar-refractivity contribution in [3.05, 3.63) is 68.9 Å². The molecule has 3 atom stereocenters. The number of H-pyrrole nitrogens is 1. The maximum absolute atomic E-state index is 12.4. The highest BCUT2D eigenvalue weighted by Gasteiger charge is 2.69. The molecule has 0 amide bonds. The van der Waals surface area contributed by atoms with Crippen LogP contribution in [-0.2, 0) is 20.0 Å². The molecule has 37 heavy (non-hydrogen) atoms. The fourth-order valence-electron chi connectivity index (χ4n) is 6.66. The second-order valence-electron chi connectivity index (χ2n) is 10.5. The summed E-state index contributed by atoms with van der Waals surface area (Å²) in [5, 5.41) is 20.8. The fourth-order valence-corrected chi connectivity index (χ4v) is 6.66. The minimum absolute atomic E-state index is 0.0620. The van der Waals surface area contributed by atoms with Crippen molar-refractivity contribution in [2.24, 2.45) is 18.2 Å². The van der Waals surface area contributed by atoms with Gasteiger partial charge in [0, 0.05) is 54.8 Å². The molecule has 1 aliphatic heterocycles. The van der Waals surface area contributed by atoms with E-state index >= 15 is 0 Å². The normalized spacial score (nSPS) is 25.3. The molecule has 9 nitrogen and oxygen atoms in total. The molecule has 3 heterocycles. The average Bonchev–Trinajstić information content (AvgIpc) is 3.42. The highest BCUT2D eigenvalue weighted by Crippen LogP contribution is 2.54. The van der Waals surface area contributed by atoms with E-state index in [-0.39, 0.29) is 11.5 Å². The Morgan fingerprint density at radius 2 is 2.11 bits per heavy atom. The number of nitrogens with two attached hydrogens (primary N) is 1. The lowest BCUT2D eigenvalue weighted by atomic mass is 9.75. The number of aryl methyl sites for hydroxylation is 1. The summed E-state index contributed by atoms with van der Waals surface area (Å²) in [5.74, 6) is -1.95. The summed E-state index contributed by atoms with van der Waals surface area (Å²) in [6.07, 6.45) is 3.91. The largest absolute Gasteiger partial charge is 0.506 e. The molecule has 1 saturated carbocycles. The number of aromatic carboxylic acids is 1. The summed E-state index contributed by atoms with van der Waals surface area (Å²) in [7, 11) is 2.02. The molecule has 0 radical (unpaired) electrons. The molecule has 9 heteroatoms. The Labute approximate surface area is 214 Å². The summed E-state index contributed by atoms with van der Waals surface area (Å²) in [6, 6.07) is 7.96. The number of likely N-dealkylation sites (tertiary alicyclic amines) is 1. The zero-order valence-electron chi connectivity index (χ0n) is 21.1. The average molecular weight is 503 g/mol. The molecular formula is C28H32N5O4+. The smallest absolute Gasteiger partial charge is 0.345 e. The van der Waals surface area contributed by atoms with Crippen molar-refractivity contribution in [1.29, 1.82) is 0 Å². The lowest BCUT2D eigenvalue weighted by Gasteiger charge is -2.23. The molecule has 1 aliphatic carbocycles. The van der Waals surface area contributed by atoms with Gasteiger partial charge in [0.1, 0.15) is 5.75 Å². The number of pyridine rings is 1. The number of rotatable bonds is 6. The molecule has 1 aromatic carbocycles. The molecule has 5 rings (SSSR count). The number of carbonyl (C=O) groups is 1. The van der Waals surface area contributed by atoms with E-state index in [1.54, 1.807) is 6.92 Å². The van der Waals surface area contributed by atoms with Crippen LogP contribution < -0.4 is 11.3 Å². The van der Waals surface area contributed by atoms with E-state index in [0.29, 0.717) is 36.3 Å². The lowest BCUT2D eigenvalue weighted by molar-refractivity contribution is 0.0691. The molecule has 192 valence electrons. The Morgan fingerprint density at radius 3 is 2.73 bits per heavy atom. The van der Waals surface area contributed by atoms with Crippen LogP contribution in [0.1, 0.15) is 41.4 Å². The highest BCUT2D eigenvalue weighted by molar-refractivity contribution is 5.92. The van der Waals surface area contributed by atoms with Gasteiger partial charge in [-0.2, -0.15) is 0 Å². The molecule has 0 bridgehead atoms. The van der Waals surface area contributed by atoms with Crippen LogP contribution in [0, 0.1) is 12.0 Å². The van der Waals surface area contributed by atoms with Crippen LogP contribution in [0.2, 0.25) is 0 Å². The third kappa shape index (κ3) is 3.59. The van der Waals surface area contributed by atoms with E-state index in [0.717, 1.165) is 36.0 Å². The number of fused-ring (bicyclic) bond motifs is 2. The molecular weight excluding hydrogens is 470 g/mol. The third-order valence-electron chi connectivity index (χ3n) is 8.46. The summed E-state index contributed by atoms with van der Waals surface area (Å²) >= 11 is 0. The van der Waals surface area contributed by atoms with E-state index in [1.807, 2.05) is 31.3 Å². The first-order chi connectivity index (χ1) is 17.6. The van der Waals surface area contributed by atoms with E-state index in [1.165, 1.54) is 0 Å². The van der Waals surface area contributed by atoms with Gasteiger partial charge in [0.2, 0.25) is 0 Å². The van der Waals surface area contributed by atoms with Crippen molar-refractivity contribution < 1.29 is 15.0 Å². The van der Waals surface area contributed by atoms with Crippen LogP contribution in [0.4, 0.5) is 0 Å². The van der Waals surface area contributed by atoms with E-state index in [2.05, 4.69) is 31.9 Å². The van der Waals surface area contributed by atoms with Gasteiger partial charge < -0.3 is 25.5 Å². The first kappa shape index (κ1) is 24.8. The number of benzene rings is 1. The maximum atomic E-state index is 12.4. The van der Waals surface area contributed by atoms with Crippen LogP contribution in [0.3, 0.4) is 0 Å². The number of aromatic nitrogens is 2. The van der Waals surface area contributed by atoms with Gasteiger partial charge in [0.05, 0.1) is 17.7 Å². The second-order valence-corrected chi connectivity index (χ2v) is 10.5. The van der Waals surface area contributed by atoms with Gasteiger partial charge in [0.25, 0.3) is 12.1 Å². The molecule has 0 spiro atoms. The van der Waals surface area contributed by atoms with Crippen LogP contribution in [0.25, 0.3) is 27.0 Å². The predicted octanol–water partition coefficient (Wildman–Crippen LogP) is 3.31. The first-order valence-corrected chi connectivity index (χ1v) is 12.4. The van der Waals surface area contributed by atoms with Gasteiger partial charge >= 0.3 is 11.5 Å². The Hall–Kier alpha value is -3.87. The van der Waals surface area contributed by atoms with Gasteiger partial charge in [-0.15, -0.1) is 6.58 Å². The number of aromatic amines is 1. The molecule has 2 fully saturated rings. The topological polar surface area (TPSA) is 129 Å². The Morgan fingerprint density at radius 1 is 1.35 bits per heavy atom. The van der Waals surface area contributed by atoms with Crippen LogP contribution in [0.5, 0.6) is 5.75 Å². The Bertz CT molecular complexity index is 1550. The van der Waals surface area contributed by atoms with Gasteiger partial charge in [-0.3, -0.25) is 9.69 Å². The molecule has 5 N–H and O–H groups in total. The number of nitrogens with zero attached hydrogens (tertiary/aromatic N) is 3. The number of carboxylic acids is 1. The van der Waals surface area contributed by atoms with Crippen molar-refractivity contribution >= 4 is 16.9 Å². The minimum atomic E-state index is -1.46. The van der Waals surface area contributed by atoms with Crippen LogP contribution in [-0.4, -0.2) is 55.3 Å². The van der Waals surface area contributed by atoms with E-state index in [4.69, 9.17) is 12.3 Å². The predicted molar refractivity (Wildman–Crippen MR) is 143 cm³/mol. The monoisotopic (exact) mass is 502 g/mol. The number of nitrogens with one attached hydrogen (secondary N) is 1. The minimum Gasteiger partial charge on any atom is -0.506 e. The zero-order chi connectivity index (χ0) is 26.7. The molecule has 1 saturated heterocycles. The zero-order valence-corrected chi connectivity index (χ0v) is 21.1. The number of carboxylic acid groups (broad SMARTS) is 1. The van der Waals surface area contributed by atoms with E-state index in [9.17, 15) is 19.8 Å². The lowest BCUT2D eigenvalue weighted by Crippen LogP contribution is -2.38. The summed E-state index contributed by atoms with van der Waals surface area (Å²) < 4.78 is 2.14. The van der Waals surface area contributed by atoms with Crippen LogP contribution >= 0.6 is 0 Å². The van der Waals surface area contributed by atoms with Crippen LogP contribution in [0.15, 0.2) is 41.7 Å². The molecule has 3 unspecified atom stereocenters. The Kier molecular flexibility index (Phi) is 5.77. The first-order valence-electron chi connectivity index (χ1n) is 12.4. The summed E-state index contributed by atoms with van der Waals surface area (Å²) in [6.45, 7) is 14.0. The summed E-state index contributed by atoms with van der Waals surface area (Å²) in [4.78, 5) is 33.3. The van der Waals surface area contributed by atoms with Crippen molar-refractivity contribution in [3.8, 4) is 23.6 Å². The van der Waals surface area contributed by atoms with Gasteiger partial charge in [0.15, 0.2) is 5.56 Å². The SMILES string of the molecule is C#[N+]C12CC(N)CC1(C=C)CN(Cc1cc3cc(-c4[nH]c(=O)c(C(=O)O)c(O)c4CC)ccc3n1C)C2. The van der Waals surface area contributed by atoms with Crippen molar-refractivity contribution in [3.63, 3.8) is 0 Å². The standard InChI is InChI=1S/C28H31N5O4/c1-5-20-23(31-25(35)22(24(20)34)26(36)37)16-7-8-21-17(9-16)10-19(32(21)4)13-33-14-27(6-2)11-18(29)12-28(27,15-33)30-3/h3,6-10,18H,2,5,11-15,29H2,1,4H3,(H2-,31,34,35,36,37)/p+1. The number of hydrogen-bond donors (Lipinski definition) is 4. The third-order valence-corrected chi connectivity index (χ3v) is 8.46. The highest BCUT2D eigenvalue weighted by atomic mass is 16.4. The second kappa shape index (κ2) is 8.61. The molecule has 2 aromatic heterocycles. The quantitative estimate of drug-likeness (QED) is 0.383. The molecule has 3 aromatic rings. The van der Waals surface area contributed by atoms with Gasteiger partial charge in [-0.1, -0.05) is 23.9 Å².